The Balaban J connectivity index is 1.62. The summed E-state index contributed by atoms with van der Waals surface area (Å²) in [5.74, 6) is 2.09. The molecule has 130 valence electrons. The van der Waals surface area contributed by atoms with Gasteiger partial charge in [0.2, 0.25) is 0 Å². The lowest BCUT2D eigenvalue weighted by Gasteiger charge is -2.58. The number of allylic oxidation sites excluding steroid dienone is 1. The highest BCUT2D eigenvalue weighted by Crippen LogP contribution is 2.67. The van der Waals surface area contributed by atoms with Gasteiger partial charge in [-0.1, -0.05) is 23.8 Å². The summed E-state index contributed by atoms with van der Waals surface area (Å²) < 4.78 is 5.67. The first-order valence-corrected chi connectivity index (χ1v) is 9.49. The average Bonchev–Trinajstić information content (AvgIpc) is 3.04. The Morgan fingerprint density at radius 1 is 1.32 bits per heavy atom. The van der Waals surface area contributed by atoms with E-state index in [9.17, 15) is 4.79 Å². The first-order valence-electron chi connectivity index (χ1n) is 9.49. The maximum atomic E-state index is 13.9. The summed E-state index contributed by atoms with van der Waals surface area (Å²) in [6, 6.07) is 7.47. The van der Waals surface area contributed by atoms with Crippen molar-refractivity contribution in [2.45, 2.75) is 43.3 Å². The summed E-state index contributed by atoms with van der Waals surface area (Å²) in [5, 5.41) is 0. The molecule has 4 nitrogen and oxygen atoms in total. The molecule has 5 heterocycles. The molecule has 1 aromatic rings. The zero-order chi connectivity index (χ0) is 17.1. The smallest absolute Gasteiger partial charge is 0.150 e. The van der Waals surface area contributed by atoms with Crippen molar-refractivity contribution in [2.75, 3.05) is 25.6 Å². The standard InChI is InChI=1S/C21H24N2O2/c1-4-11-10-23-14-8-12(11)17-15(23)9-21(20(17)24)13-6-5-7-16(25-3)18(13)22(2)19(14)21/h4-7,12,14-15,17,19H,8-10H2,1-3H3/b11-4-/t12-,14-,15-,17-,19-,21+/m0/s1. The quantitative estimate of drug-likeness (QED) is 0.737. The minimum absolute atomic E-state index is 0.201. The van der Waals surface area contributed by atoms with Gasteiger partial charge < -0.3 is 9.64 Å². The van der Waals surface area contributed by atoms with Crippen molar-refractivity contribution in [3.05, 3.63) is 35.4 Å². The Bertz CT molecular complexity index is 846. The molecule has 4 heteroatoms. The minimum atomic E-state index is -0.312. The van der Waals surface area contributed by atoms with Crippen LogP contribution in [0.4, 0.5) is 5.69 Å². The van der Waals surface area contributed by atoms with E-state index < -0.39 is 0 Å². The summed E-state index contributed by atoms with van der Waals surface area (Å²) in [6.45, 7) is 3.20. The van der Waals surface area contributed by atoms with Gasteiger partial charge in [-0.3, -0.25) is 9.69 Å². The second-order valence-electron chi connectivity index (χ2n) is 8.49. The summed E-state index contributed by atoms with van der Waals surface area (Å²) in [7, 11) is 3.91. The van der Waals surface area contributed by atoms with E-state index in [1.807, 2.05) is 6.07 Å². The Morgan fingerprint density at radius 2 is 2.16 bits per heavy atom. The number of carbonyl (C=O) groups excluding carboxylic acids is 1. The van der Waals surface area contributed by atoms with Crippen LogP contribution in [0.15, 0.2) is 29.8 Å². The van der Waals surface area contributed by atoms with E-state index in [0.717, 1.165) is 30.8 Å². The fraction of sp³-hybridized carbons (Fsp3) is 0.571. The van der Waals surface area contributed by atoms with Crippen molar-refractivity contribution in [2.24, 2.45) is 11.8 Å². The molecule has 1 spiro atoms. The molecule has 0 amide bonds. The van der Waals surface area contributed by atoms with E-state index >= 15 is 0 Å². The molecule has 4 saturated heterocycles. The molecule has 1 aromatic carbocycles. The van der Waals surface area contributed by atoms with Crippen molar-refractivity contribution in [3.63, 3.8) is 0 Å². The van der Waals surface area contributed by atoms with Crippen LogP contribution >= 0.6 is 0 Å². The van der Waals surface area contributed by atoms with E-state index in [-0.39, 0.29) is 17.4 Å². The third kappa shape index (κ3) is 1.31. The normalized spacial score (nSPS) is 46.8. The number of fused-ring (bicyclic) bond motifs is 2. The zero-order valence-electron chi connectivity index (χ0n) is 15.0. The number of hydrogen-bond acceptors (Lipinski definition) is 4. The van der Waals surface area contributed by atoms with Crippen LogP contribution in [0.2, 0.25) is 0 Å². The molecule has 1 saturated carbocycles. The second kappa shape index (κ2) is 4.29. The van der Waals surface area contributed by atoms with Gasteiger partial charge in [-0.15, -0.1) is 0 Å². The lowest BCUT2D eigenvalue weighted by atomic mass is 9.65. The number of benzene rings is 1. The molecule has 7 rings (SSSR count). The van der Waals surface area contributed by atoms with Crippen molar-refractivity contribution in [1.29, 1.82) is 0 Å². The Kier molecular flexibility index (Phi) is 2.47. The number of methoxy groups -OCH3 is 1. The summed E-state index contributed by atoms with van der Waals surface area (Å²) in [6.07, 6.45) is 4.40. The number of ether oxygens (including phenoxy) is 1. The number of likely N-dealkylation sites (N-methyl/N-ethyl adjacent to an activating group) is 1. The van der Waals surface area contributed by atoms with Crippen molar-refractivity contribution >= 4 is 11.5 Å². The second-order valence-corrected chi connectivity index (χ2v) is 8.49. The van der Waals surface area contributed by atoms with E-state index in [1.165, 1.54) is 11.1 Å². The molecular weight excluding hydrogens is 312 g/mol. The fourth-order valence-corrected chi connectivity index (χ4v) is 7.29. The molecule has 0 aromatic heterocycles. The topological polar surface area (TPSA) is 32.8 Å². The number of Topliss-reactive ketones (excluding diaryl/α,β-unsaturated/α-hetero) is 1. The van der Waals surface area contributed by atoms with Crippen LogP contribution in [-0.2, 0) is 10.2 Å². The number of anilines is 1. The molecule has 5 aliphatic heterocycles. The number of ketones is 1. The van der Waals surface area contributed by atoms with Crippen LogP contribution in [0, 0.1) is 11.8 Å². The van der Waals surface area contributed by atoms with Gasteiger partial charge in [0, 0.05) is 31.6 Å². The highest BCUT2D eigenvalue weighted by atomic mass is 16.5. The minimum Gasteiger partial charge on any atom is -0.495 e. The monoisotopic (exact) mass is 336 g/mol. The summed E-state index contributed by atoms with van der Waals surface area (Å²) in [4.78, 5) is 18.9. The molecule has 5 fully saturated rings. The van der Waals surface area contributed by atoms with Crippen LogP contribution in [0.5, 0.6) is 5.75 Å². The van der Waals surface area contributed by atoms with Gasteiger partial charge in [-0.25, -0.2) is 0 Å². The Hall–Kier alpha value is -1.81. The molecule has 6 aliphatic rings. The lowest BCUT2D eigenvalue weighted by Crippen LogP contribution is -2.68. The number of piperidine rings is 4. The van der Waals surface area contributed by atoms with Crippen molar-refractivity contribution < 1.29 is 9.53 Å². The van der Waals surface area contributed by atoms with Crippen molar-refractivity contribution in [3.8, 4) is 5.75 Å². The molecule has 1 aliphatic carbocycles. The predicted octanol–water partition coefficient (Wildman–Crippen LogP) is 2.37. The molecule has 0 radical (unpaired) electrons. The molecule has 1 unspecified atom stereocenters. The van der Waals surface area contributed by atoms with E-state index in [2.05, 4.69) is 42.0 Å². The molecule has 7 atom stereocenters. The van der Waals surface area contributed by atoms with Crippen LogP contribution in [-0.4, -0.2) is 49.5 Å². The number of para-hydroxylation sites is 1. The molecular formula is C21H24N2O2. The number of nitrogens with zero attached hydrogens (tertiary/aromatic N) is 2. The van der Waals surface area contributed by atoms with Crippen molar-refractivity contribution in [1.82, 2.24) is 4.90 Å². The Morgan fingerprint density at radius 3 is 2.92 bits per heavy atom. The number of rotatable bonds is 1. The van der Waals surface area contributed by atoms with E-state index in [1.54, 1.807) is 7.11 Å². The van der Waals surface area contributed by atoms with Gasteiger partial charge in [-0.05, 0) is 37.3 Å². The van der Waals surface area contributed by atoms with E-state index in [0.29, 0.717) is 23.8 Å². The largest absolute Gasteiger partial charge is 0.495 e. The van der Waals surface area contributed by atoms with Crippen LogP contribution in [0.3, 0.4) is 0 Å². The van der Waals surface area contributed by atoms with Gasteiger partial charge >= 0.3 is 0 Å². The number of carbonyl (C=O) groups is 1. The third-order valence-electron chi connectivity index (χ3n) is 8.02. The van der Waals surface area contributed by atoms with Gasteiger partial charge in [-0.2, -0.15) is 0 Å². The van der Waals surface area contributed by atoms with Gasteiger partial charge in [0.05, 0.1) is 24.3 Å². The zero-order valence-corrected chi connectivity index (χ0v) is 15.0. The fourth-order valence-electron chi connectivity index (χ4n) is 7.29. The lowest BCUT2D eigenvalue weighted by molar-refractivity contribution is -0.126. The van der Waals surface area contributed by atoms with Gasteiger partial charge in [0.1, 0.15) is 5.75 Å². The molecule has 5 bridgehead atoms. The SMILES string of the molecule is C/C=C1/CN2[C@H]3C[C@]45C(=O)[C@H]3[C@H]1C[C@H]2[C@@H]4N(C)c1c(OC)cccc15. The highest BCUT2D eigenvalue weighted by molar-refractivity contribution is 6.02. The summed E-state index contributed by atoms with van der Waals surface area (Å²) in [5.41, 5.74) is 3.56. The predicted molar refractivity (Wildman–Crippen MR) is 96.1 cm³/mol. The summed E-state index contributed by atoms with van der Waals surface area (Å²) >= 11 is 0. The first-order chi connectivity index (χ1) is 12.1. The van der Waals surface area contributed by atoms with Gasteiger partial charge in [0.25, 0.3) is 0 Å². The highest BCUT2D eigenvalue weighted by Gasteiger charge is 2.74. The van der Waals surface area contributed by atoms with Crippen LogP contribution in [0.25, 0.3) is 0 Å². The first kappa shape index (κ1) is 14.4. The maximum Gasteiger partial charge on any atom is 0.150 e. The maximum absolute atomic E-state index is 13.9. The van der Waals surface area contributed by atoms with Gasteiger partial charge in [0.15, 0.2) is 5.78 Å². The average molecular weight is 336 g/mol. The Labute approximate surface area is 148 Å². The molecule has 25 heavy (non-hydrogen) atoms. The van der Waals surface area contributed by atoms with Crippen LogP contribution in [0.1, 0.15) is 25.3 Å². The van der Waals surface area contributed by atoms with Crippen LogP contribution < -0.4 is 9.64 Å². The number of hydrogen-bond donors (Lipinski definition) is 0. The third-order valence-corrected chi connectivity index (χ3v) is 8.02. The molecule has 0 N–H and O–H groups in total. The van der Waals surface area contributed by atoms with E-state index in [4.69, 9.17) is 4.74 Å².